The lowest BCUT2D eigenvalue weighted by Crippen LogP contribution is -2.58. The van der Waals surface area contributed by atoms with Gasteiger partial charge in [0, 0.05) is 6.54 Å². The number of urea groups is 1. The third-order valence-electron chi connectivity index (χ3n) is 5.52. The molecule has 2 N–H and O–H groups in total. The SMILES string of the molecule is CC1(C)CN(C(N)=O)c2ccccc2N1Cc1ccc(COc2ccccc2)cc1. The van der Waals surface area contributed by atoms with Gasteiger partial charge in [-0.3, -0.25) is 4.90 Å². The van der Waals surface area contributed by atoms with Crippen LogP contribution in [0.2, 0.25) is 0 Å². The first-order valence-electron chi connectivity index (χ1n) is 10.1. The number of para-hydroxylation sites is 3. The first-order valence-corrected chi connectivity index (χ1v) is 10.1. The Bertz CT molecular complexity index is 1020. The Balaban J connectivity index is 1.51. The van der Waals surface area contributed by atoms with E-state index in [1.807, 2.05) is 54.6 Å². The van der Waals surface area contributed by atoms with Crippen LogP contribution in [0, 0.1) is 0 Å². The van der Waals surface area contributed by atoms with Crippen molar-refractivity contribution in [1.82, 2.24) is 0 Å². The Morgan fingerprint density at radius 1 is 0.900 bits per heavy atom. The van der Waals surface area contributed by atoms with E-state index in [0.29, 0.717) is 13.2 Å². The highest BCUT2D eigenvalue weighted by Crippen LogP contribution is 2.40. The van der Waals surface area contributed by atoms with Crippen molar-refractivity contribution in [3.63, 3.8) is 0 Å². The van der Waals surface area contributed by atoms with E-state index in [9.17, 15) is 4.79 Å². The summed E-state index contributed by atoms with van der Waals surface area (Å²) in [6.07, 6.45) is 0. The number of carbonyl (C=O) groups excluding carboxylic acids is 1. The number of fused-ring (bicyclic) bond motifs is 1. The summed E-state index contributed by atoms with van der Waals surface area (Å²) in [6, 6.07) is 25.8. The van der Waals surface area contributed by atoms with E-state index in [0.717, 1.165) is 29.2 Å². The number of rotatable bonds is 5. The van der Waals surface area contributed by atoms with Crippen molar-refractivity contribution in [3.8, 4) is 5.75 Å². The number of hydrogen-bond acceptors (Lipinski definition) is 3. The Morgan fingerprint density at radius 2 is 1.50 bits per heavy atom. The van der Waals surface area contributed by atoms with E-state index in [4.69, 9.17) is 10.5 Å². The zero-order valence-corrected chi connectivity index (χ0v) is 17.4. The predicted molar refractivity (Wildman–Crippen MR) is 121 cm³/mol. The predicted octanol–water partition coefficient (Wildman–Crippen LogP) is 4.95. The summed E-state index contributed by atoms with van der Waals surface area (Å²) in [5, 5.41) is 0. The summed E-state index contributed by atoms with van der Waals surface area (Å²) < 4.78 is 5.84. The minimum absolute atomic E-state index is 0.252. The Kier molecular flexibility index (Phi) is 5.36. The third kappa shape index (κ3) is 4.10. The number of ether oxygens (including phenoxy) is 1. The Labute approximate surface area is 177 Å². The number of hydrogen-bond donors (Lipinski definition) is 1. The third-order valence-corrected chi connectivity index (χ3v) is 5.52. The number of nitrogens with zero attached hydrogens (tertiary/aromatic N) is 2. The zero-order chi connectivity index (χ0) is 21.1. The van der Waals surface area contributed by atoms with Crippen molar-refractivity contribution in [2.24, 2.45) is 5.73 Å². The smallest absolute Gasteiger partial charge is 0.319 e. The number of carbonyl (C=O) groups is 1. The van der Waals surface area contributed by atoms with Crippen molar-refractivity contribution in [3.05, 3.63) is 90.0 Å². The van der Waals surface area contributed by atoms with E-state index in [1.54, 1.807) is 4.90 Å². The minimum atomic E-state index is -0.419. The molecule has 0 aliphatic carbocycles. The molecule has 154 valence electrons. The van der Waals surface area contributed by atoms with Crippen molar-refractivity contribution in [2.75, 3.05) is 16.3 Å². The molecule has 0 saturated heterocycles. The molecule has 0 unspecified atom stereocenters. The van der Waals surface area contributed by atoms with Crippen LogP contribution < -0.4 is 20.3 Å². The molecule has 30 heavy (non-hydrogen) atoms. The molecule has 1 heterocycles. The monoisotopic (exact) mass is 401 g/mol. The van der Waals surface area contributed by atoms with Crippen LogP contribution in [0.4, 0.5) is 16.2 Å². The summed E-state index contributed by atoms with van der Waals surface area (Å²) in [7, 11) is 0. The van der Waals surface area contributed by atoms with Gasteiger partial charge in [-0.25, -0.2) is 4.79 Å². The standard InChI is InChI=1S/C25H27N3O2/c1-25(2)18-27(24(26)29)22-10-6-7-11-23(22)28(25)16-19-12-14-20(15-13-19)17-30-21-8-4-3-5-9-21/h3-15H,16-18H2,1-2H3,(H2,26,29). The van der Waals surface area contributed by atoms with Crippen LogP contribution in [0.3, 0.4) is 0 Å². The van der Waals surface area contributed by atoms with Crippen LogP contribution in [0.5, 0.6) is 5.75 Å². The van der Waals surface area contributed by atoms with Gasteiger partial charge in [0.25, 0.3) is 0 Å². The van der Waals surface area contributed by atoms with Crippen LogP contribution in [0.1, 0.15) is 25.0 Å². The summed E-state index contributed by atoms with van der Waals surface area (Å²) in [4.78, 5) is 16.0. The molecular formula is C25H27N3O2. The second kappa shape index (κ2) is 8.11. The minimum Gasteiger partial charge on any atom is -0.489 e. The molecule has 0 spiro atoms. The molecule has 0 fully saturated rings. The molecule has 4 rings (SSSR count). The van der Waals surface area contributed by atoms with Crippen molar-refractivity contribution in [1.29, 1.82) is 0 Å². The van der Waals surface area contributed by atoms with Crippen LogP contribution in [0.15, 0.2) is 78.9 Å². The van der Waals surface area contributed by atoms with Crippen molar-refractivity contribution >= 4 is 17.4 Å². The maximum Gasteiger partial charge on any atom is 0.319 e. The van der Waals surface area contributed by atoms with Crippen molar-refractivity contribution < 1.29 is 9.53 Å². The molecule has 0 radical (unpaired) electrons. The van der Waals surface area contributed by atoms with Crippen LogP contribution >= 0.6 is 0 Å². The summed E-state index contributed by atoms with van der Waals surface area (Å²) in [5.41, 5.74) is 9.60. The first-order chi connectivity index (χ1) is 14.4. The highest BCUT2D eigenvalue weighted by Gasteiger charge is 2.38. The molecule has 1 aliphatic rings. The maximum atomic E-state index is 12.0. The normalized spacial score (nSPS) is 14.9. The number of anilines is 2. The average Bonchev–Trinajstić information content (AvgIpc) is 2.75. The van der Waals surface area contributed by atoms with Gasteiger partial charge in [0.15, 0.2) is 0 Å². The van der Waals surface area contributed by atoms with Gasteiger partial charge in [-0.05, 0) is 49.2 Å². The van der Waals surface area contributed by atoms with Crippen LogP contribution in [0.25, 0.3) is 0 Å². The van der Waals surface area contributed by atoms with Crippen LogP contribution in [-0.4, -0.2) is 18.1 Å². The highest BCUT2D eigenvalue weighted by molar-refractivity contribution is 5.96. The summed E-state index contributed by atoms with van der Waals surface area (Å²) >= 11 is 0. The lowest BCUT2D eigenvalue weighted by Gasteiger charge is -2.48. The number of benzene rings is 3. The molecular weight excluding hydrogens is 374 g/mol. The fraction of sp³-hybridized carbons (Fsp3) is 0.240. The van der Waals surface area contributed by atoms with Gasteiger partial charge < -0.3 is 15.4 Å². The van der Waals surface area contributed by atoms with Gasteiger partial charge in [0.1, 0.15) is 12.4 Å². The topological polar surface area (TPSA) is 58.8 Å². The maximum absolute atomic E-state index is 12.0. The summed E-state index contributed by atoms with van der Waals surface area (Å²) in [6.45, 7) is 6.11. The molecule has 5 nitrogen and oxygen atoms in total. The molecule has 0 aromatic heterocycles. The van der Waals surface area contributed by atoms with E-state index in [1.165, 1.54) is 5.56 Å². The van der Waals surface area contributed by atoms with E-state index < -0.39 is 6.03 Å². The molecule has 5 heteroatoms. The van der Waals surface area contributed by atoms with Gasteiger partial charge in [-0.15, -0.1) is 0 Å². The van der Waals surface area contributed by atoms with E-state index in [2.05, 4.69) is 43.0 Å². The lowest BCUT2D eigenvalue weighted by molar-refractivity contribution is 0.251. The fourth-order valence-electron chi connectivity index (χ4n) is 3.91. The van der Waals surface area contributed by atoms with E-state index >= 15 is 0 Å². The zero-order valence-electron chi connectivity index (χ0n) is 17.4. The Hall–Kier alpha value is -3.47. The highest BCUT2D eigenvalue weighted by atomic mass is 16.5. The molecule has 0 saturated carbocycles. The van der Waals surface area contributed by atoms with Gasteiger partial charge in [0.05, 0.1) is 23.5 Å². The molecule has 1 aliphatic heterocycles. The fourth-order valence-corrected chi connectivity index (χ4v) is 3.91. The number of nitrogens with two attached hydrogens (primary N) is 1. The van der Waals surface area contributed by atoms with Crippen molar-refractivity contribution in [2.45, 2.75) is 32.5 Å². The van der Waals surface area contributed by atoms with Crippen LogP contribution in [-0.2, 0) is 13.2 Å². The Morgan fingerprint density at radius 3 is 2.17 bits per heavy atom. The molecule has 3 aromatic rings. The van der Waals surface area contributed by atoms with Gasteiger partial charge in [-0.1, -0.05) is 54.6 Å². The number of primary amides is 1. The second-order valence-corrected chi connectivity index (χ2v) is 8.23. The number of amides is 2. The first kappa shape index (κ1) is 19.8. The average molecular weight is 402 g/mol. The van der Waals surface area contributed by atoms with Gasteiger partial charge in [0.2, 0.25) is 0 Å². The molecule has 0 bridgehead atoms. The van der Waals surface area contributed by atoms with Gasteiger partial charge in [-0.2, -0.15) is 0 Å². The largest absolute Gasteiger partial charge is 0.489 e. The summed E-state index contributed by atoms with van der Waals surface area (Å²) in [5.74, 6) is 0.868. The molecule has 2 amide bonds. The second-order valence-electron chi connectivity index (χ2n) is 8.23. The van der Waals surface area contributed by atoms with E-state index in [-0.39, 0.29) is 5.54 Å². The molecule has 0 atom stereocenters. The lowest BCUT2D eigenvalue weighted by atomic mass is 9.95. The molecule has 3 aromatic carbocycles. The quantitative estimate of drug-likeness (QED) is 0.658. The van der Waals surface area contributed by atoms with Gasteiger partial charge >= 0.3 is 6.03 Å².